The second kappa shape index (κ2) is 7.51. The molecule has 1 aromatic rings. The van der Waals surface area contributed by atoms with Crippen molar-refractivity contribution in [1.82, 2.24) is 0 Å². The number of allylic oxidation sites excluding steroid dienone is 2. The number of carbonyl (C=O) groups excluding carboxylic acids is 2. The SMILES string of the molecule is CCOC(=O)C1(C(=O)OCC)[C@H]2C=C[C@H](C2)[C@]1(C#N)S(=O)c1ccc(C)cc1. The van der Waals surface area contributed by atoms with Crippen molar-refractivity contribution in [2.45, 2.75) is 36.8 Å². The van der Waals surface area contributed by atoms with Crippen LogP contribution in [0, 0.1) is 35.5 Å². The molecule has 6 nitrogen and oxygen atoms in total. The summed E-state index contributed by atoms with van der Waals surface area (Å²) >= 11 is 0. The van der Waals surface area contributed by atoms with Crippen LogP contribution in [0.1, 0.15) is 25.8 Å². The third kappa shape index (κ3) is 2.55. The largest absolute Gasteiger partial charge is 0.465 e. The van der Waals surface area contributed by atoms with E-state index in [4.69, 9.17) is 9.47 Å². The molecule has 1 saturated carbocycles. The smallest absolute Gasteiger partial charge is 0.326 e. The molecule has 148 valence electrons. The topological polar surface area (TPSA) is 93.5 Å². The Morgan fingerprint density at radius 3 is 2.14 bits per heavy atom. The maximum atomic E-state index is 13.8. The molecule has 3 rings (SSSR count). The van der Waals surface area contributed by atoms with E-state index >= 15 is 0 Å². The fourth-order valence-corrected chi connectivity index (χ4v) is 6.31. The fourth-order valence-electron chi connectivity index (χ4n) is 4.41. The summed E-state index contributed by atoms with van der Waals surface area (Å²) < 4.78 is 22.5. The van der Waals surface area contributed by atoms with E-state index in [1.807, 2.05) is 6.92 Å². The summed E-state index contributed by atoms with van der Waals surface area (Å²) in [7, 11) is -1.96. The van der Waals surface area contributed by atoms with Gasteiger partial charge < -0.3 is 9.47 Å². The Bertz CT molecular complexity index is 867. The van der Waals surface area contributed by atoms with Gasteiger partial charge in [0.05, 0.1) is 30.1 Å². The summed E-state index contributed by atoms with van der Waals surface area (Å²) in [5.41, 5.74) is -0.982. The average molecular weight is 401 g/mol. The van der Waals surface area contributed by atoms with Gasteiger partial charge in [-0.25, -0.2) is 0 Å². The molecule has 1 fully saturated rings. The van der Waals surface area contributed by atoms with Crippen LogP contribution in [0.15, 0.2) is 41.3 Å². The molecule has 2 bridgehead atoms. The molecular formula is C21H23NO5S. The maximum Gasteiger partial charge on any atom is 0.326 e. The minimum absolute atomic E-state index is 0.0414. The number of aryl methyl sites for hydroxylation is 1. The number of benzene rings is 1. The quantitative estimate of drug-likeness (QED) is 0.413. The molecule has 28 heavy (non-hydrogen) atoms. The lowest BCUT2D eigenvalue weighted by atomic mass is 9.68. The van der Waals surface area contributed by atoms with E-state index in [2.05, 4.69) is 6.07 Å². The normalized spacial score (nSPS) is 27.8. The van der Waals surface area contributed by atoms with Crippen LogP contribution in [0.3, 0.4) is 0 Å². The molecule has 0 aliphatic heterocycles. The highest BCUT2D eigenvalue weighted by Gasteiger charge is 2.78. The predicted molar refractivity (Wildman–Crippen MR) is 102 cm³/mol. The third-order valence-electron chi connectivity index (χ3n) is 5.64. The van der Waals surface area contributed by atoms with E-state index in [1.54, 1.807) is 50.3 Å². The summed E-state index contributed by atoms with van der Waals surface area (Å²) in [5.74, 6) is -2.79. The summed E-state index contributed by atoms with van der Waals surface area (Å²) in [6.07, 6.45) is 3.92. The Labute approximate surface area is 167 Å². The first-order valence-corrected chi connectivity index (χ1v) is 10.5. The van der Waals surface area contributed by atoms with Crippen molar-refractivity contribution < 1.29 is 23.3 Å². The standard InChI is InChI=1S/C21H23NO5S/c1-4-26-18(23)21(19(24)27-5-2)16-9-8-15(12-16)20(21,13-22)28(25)17-10-6-14(3)7-11-17/h6-11,15-16H,4-5,12H2,1-3H3/t15-,16+,20+,28?/m1/s1. The third-order valence-corrected chi connectivity index (χ3v) is 7.64. The molecule has 4 atom stereocenters. The number of nitriles is 1. The molecule has 0 spiro atoms. The molecule has 7 heteroatoms. The molecule has 0 heterocycles. The Morgan fingerprint density at radius 2 is 1.64 bits per heavy atom. The molecule has 0 aromatic heterocycles. The predicted octanol–water partition coefficient (Wildman–Crippen LogP) is 2.68. The number of nitrogens with zero attached hydrogens (tertiary/aromatic N) is 1. The molecule has 0 radical (unpaired) electrons. The van der Waals surface area contributed by atoms with Crippen LogP contribution in [-0.4, -0.2) is 34.1 Å². The fraction of sp³-hybridized carbons (Fsp3) is 0.476. The van der Waals surface area contributed by atoms with Gasteiger partial charge in [0.1, 0.15) is 0 Å². The highest BCUT2D eigenvalue weighted by atomic mass is 32.2. The van der Waals surface area contributed by atoms with E-state index in [9.17, 15) is 19.1 Å². The Morgan fingerprint density at radius 1 is 1.11 bits per heavy atom. The number of rotatable bonds is 6. The summed E-state index contributed by atoms with van der Waals surface area (Å²) in [5, 5.41) is 10.3. The summed E-state index contributed by atoms with van der Waals surface area (Å²) in [4.78, 5) is 26.8. The molecule has 1 unspecified atom stereocenters. The number of fused-ring (bicyclic) bond motifs is 2. The van der Waals surface area contributed by atoms with Gasteiger partial charge in [-0.3, -0.25) is 13.8 Å². The van der Waals surface area contributed by atoms with E-state index in [-0.39, 0.29) is 13.2 Å². The van der Waals surface area contributed by atoms with Crippen molar-refractivity contribution in [3.05, 3.63) is 42.0 Å². The summed E-state index contributed by atoms with van der Waals surface area (Å²) in [6.45, 7) is 5.24. The molecule has 0 saturated heterocycles. The van der Waals surface area contributed by atoms with Crippen LogP contribution in [-0.2, 0) is 29.9 Å². The molecule has 1 aromatic carbocycles. The van der Waals surface area contributed by atoms with Gasteiger partial charge in [0.25, 0.3) is 0 Å². The molecule has 0 amide bonds. The average Bonchev–Trinajstić information content (AvgIpc) is 3.27. The summed E-state index contributed by atoms with van der Waals surface area (Å²) in [6, 6.07) is 9.05. The van der Waals surface area contributed by atoms with Crippen molar-refractivity contribution in [2.24, 2.45) is 17.3 Å². The van der Waals surface area contributed by atoms with Gasteiger partial charge in [-0.2, -0.15) is 5.26 Å². The van der Waals surface area contributed by atoms with Crippen LogP contribution in [0.2, 0.25) is 0 Å². The zero-order valence-corrected chi connectivity index (χ0v) is 17.0. The number of hydrogen-bond donors (Lipinski definition) is 0. The second-order valence-corrected chi connectivity index (χ2v) is 8.66. The van der Waals surface area contributed by atoms with Gasteiger partial charge in [-0.15, -0.1) is 0 Å². The number of esters is 2. The molecule has 2 aliphatic rings. The molecular weight excluding hydrogens is 378 g/mol. The van der Waals surface area contributed by atoms with Gasteiger partial charge in [-0.05, 0) is 39.3 Å². The van der Waals surface area contributed by atoms with Gasteiger partial charge >= 0.3 is 11.9 Å². The number of hydrogen-bond acceptors (Lipinski definition) is 6. The number of ether oxygens (including phenoxy) is 2. The second-order valence-electron chi connectivity index (χ2n) is 7.01. The first kappa shape index (κ1) is 20.3. The first-order valence-electron chi connectivity index (χ1n) is 9.32. The van der Waals surface area contributed by atoms with Crippen LogP contribution in [0.5, 0.6) is 0 Å². The maximum absolute atomic E-state index is 13.8. The Hall–Kier alpha value is -2.46. The van der Waals surface area contributed by atoms with Gasteiger partial charge in [0.2, 0.25) is 5.41 Å². The van der Waals surface area contributed by atoms with Crippen molar-refractivity contribution in [3.8, 4) is 6.07 Å². The first-order chi connectivity index (χ1) is 13.4. The van der Waals surface area contributed by atoms with Crippen LogP contribution in [0.25, 0.3) is 0 Å². The highest BCUT2D eigenvalue weighted by molar-refractivity contribution is 7.87. The van der Waals surface area contributed by atoms with E-state index in [0.29, 0.717) is 11.3 Å². The number of carbonyl (C=O) groups is 2. The van der Waals surface area contributed by atoms with Crippen molar-refractivity contribution in [1.29, 1.82) is 5.26 Å². The lowest BCUT2D eigenvalue weighted by Crippen LogP contribution is -2.62. The van der Waals surface area contributed by atoms with Gasteiger partial charge in [-0.1, -0.05) is 29.8 Å². The van der Waals surface area contributed by atoms with Crippen LogP contribution in [0.4, 0.5) is 0 Å². The zero-order valence-electron chi connectivity index (χ0n) is 16.1. The van der Waals surface area contributed by atoms with E-state index in [1.165, 1.54) is 0 Å². The van der Waals surface area contributed by atoms with E-state index < -0.39 is 44.7 Å². The minimum Gasteiger partial charge on any atom is -0.465 e. The van der Waals surface area contributed by atoms with Crippen molar-refractivity contribution in [3.63, 3.8) is 0 Å². The molecule has 0 N–H and O–H groups in total. The van der Waals surface area contributed by atoms with Crippen LogP contribution < -0.4 is 0 Å². The zero-order chi connectivity index (χ0) is 20.5. The van der Waals surface area contributed by atoms with Crippen molar-refractivity contribution >= 4 is 22.7 Å². The highest BCUT2D eigenvalue weighted by Crippen LogP contribution is 2.63. The van der Waals surface area contributed by atoms with Crippen molar-refractivity contribution in [2.75, 3.05) is 13.2 Å². The van der Waals surface area contributed by atoms with Gasteiger partial charge in [0.15, 0.2) is 4.75 Å². The monoisotopic (exact) mass is 401 g/mol. The van der Waals surface area contributed by atoms with E-state index in [0.717, 1.165) is 5.56 Å². The Balaban J connectivity index is 2.26. The van der Waals surface area contributed by atoms with Crippen LogP contribution >= 0.6 is 0 Å². The minimum atomic E-state index is -1.96. The molecule has 2 aliphatic carbocycles. The Kier molecular flexibility index (Phi) is 5.44. The lowest BCUT2D eigenvalue weighted by Gasteiger charge is -2.42. The van der Waals surface area contributed by atoms with Gasteiger partial charge in [0, 0.05) is 16.7 Å². The lowest BCUT2D eigenvalue weighted by molar-refractivity contribution is -0.175.